The third-order valence-corrected chi connectivity index (χ3v) is 4.91. The van der Waals surface area contributed by atoms with E-state index in [9.17, 15) is 13.6 Å². The number of aromatic nitrogens is 2. The van der Waals surface area contributed by atoms with Crippen molar-refractivity contribution in [3.63, 3.8) is 0 Å². The number of nitrogens with one attached hydrogen (secondary N) is 1. The van der Waals surface area contributed by atoms with Crippen LogP contribution in [0.3, 0.4) is 0 Å². The number of halogens is 2. The van der Waals surface area contributed by atoms with Crippen LogP contribution in [-0.2, 0) is 4.79 Å². The minimum Gasteiger partial charge on any atom is -0.310 e. The van der Waals surface area contributed by atoms with Gasteiger partial charge in [0.15, 0.2) is 0 Å². The predicted octanol–water partition coefficient (Wildman–Crippen LogP) is 4.85. The number of hydrogen-bond acceptors (Lipinski definition) is 4. The van der Waals surface area contributed by atoms with E-state index in [0.29, 0.717) is 5.82 Å². The fourth-order valence-corrected chi connectivity index (χ4v) is 3.23. The van der Waals surface area contributed by atoms with Crippen LogP contribution in [0.5, 0.6) is 0 Å². The Hall–Kier alpha value is -2.28. The molecule has 0 spiro atoms. The van der Waals surface area contributed by atoms with Crippen LogP contribution in [0.2, 0.25) is 0 Å². The smallest absolute Gasteiger partial charge is 0.249 e. The summed E-state index contributed by atoms with van der Waals surface area (Å²) in [5.74, 6) is -3.43. The number of thioether (sulfide) groups is 1. The topological polar surface area (TPSA) is 54.9 Å². The van der Waals surface area contributed by atoms with E-state index in [1.807, 2.05) is 19.1 Å². The average molecular weight is 361 g/mol. The molecule has 1 aliphatic rings. The molecule has 1 saturated carbocycles. The van der Waals surface area contributed by atoms with Gasteiger partial charge in [0.2, 0.25) is 11.8 Å². The Labute approximate surface area is 148 Å². The number of nitrogens with zero attached hydrogens (tertiary/aromatic N) is 2. The first-order valence-corrected chi connectivity index (χ1v) is 8.68. The lowest BCUT2D eigenvalue weighted by atomic mass is 9.81. The number of alkyl halides is 2. The van der Waals surface area contributed by atoms with Crippen molar-refractivity contribution < 1.29 is 13.6 Å². The number of carbonyl (C=O) groups is 1. The largest absolute Gasteiger partial charge is 0.310 e. The molecule has 4 nitrogen and oxygen atoms in total. The zero-order valence-corrected chi connectivity index (χ0v) is 14.4. The average Bonchev–Trinajstić information content (AvgIpc) is 2.56. The lowest BCUT2D eigenvalue weighted by molar-refractivity contribution is -0.145. The van der Waals surface area contributed by atoms with E-state index < -0.39 is 30.6 Å². The van der Waals surface area contributed by atoms with E-state index in [2.05, 4.69) is 21.9 Å². The van der Waals surface area contributed by atoms with Crippen LogP contribution >= 0.6 is 11.8 Å². The van der Waals surface area contributed by atoms with Crippen LogP contribution in [0, 0.1) is 5.92 Å². The van der Waals surface area contributed by atoms with Crippen molar-refractivity contribution in [2.45, 2.75) is 25.7 Å². The Morgan fingerprint density at radius 2 is 2.04 bits per heavy atom. The lowest BCUT2D eigenvalue weighted by Gasteiger charge is -2.33. The van der Waals surface area contributed by atoms with Gasteiger partial charge in [-0.15, -0.1) is 0 Å². The van der Waals surface area contributed by atoms with E-state index in [1.165, 1.54) is 11.8 Å². The molecule has 0 atom stereocenters. The van der Waals surface area contributed by atoms with E-state index in [-0.39, 0.29) is 0 Å². The molecule has 7 heteroatoms. The normalized spacial score (nSPS) is 17.2. The van der Waals surface area contributed by atoms with Gasteiger partial charge in [0.25, 0.3) is 0 Å². The third-order valence-electron chi connectivity index (χ3n) is 4.04. The summed E-state index contributed by atoms with van der Waals surface area (Å²) in [5, 5.41) is 6.04. The maximum absolute atomic E-state index is 12.9. The minimum absolute atomic E-state index is 0.350. The van der Waals surface area contributed by atoms with E-state index >= 15 is 0 Å². The number of amides is 1. The van der Waals surface area contributed by atoms with Crippen LogP contribution in [0.15, 0.2) is 42.6 Å². The van der Waals surface area contributed by atoms with Gasteiger partial charge >= 0.3 is 0 Å². The van der Waals surface area contributed by atoms with Crippen molar-refractivity contribution in [1.82, 2.24) is 9.97 Å². The molecule has 130 valence electrons. The number of hydrogen-bond donors (Lipinski definition) is 1. The number of carbonyl (C=O) groups excluding carboxylic acids is 1. The fraction of sp³-hybridized carbons (Fsp3) is 0.278. The maximum Gasteiger partial charge on any atom is 0.249 e. The SMILES string of the molecule is C=CS/C(=C\C)c1cc2cc(NC(=O)C3CC(F)(F)C3)ncc2cn1. The molecule has 1 fully saturated rings. The van der Waals surface area contributed by atoms with Crippen molar-refractivity contribution in [2.75, 3.05) is 5.32 Å². The van der Waals surface area contributed by atoms with Gasteiger partial charge in [0.05, 0.1) is 5.69 Å². The van der Waals surface area contributed by atoms with Crippen LogP contribution in [0.25, 0.3) is 15.7 Å². The number of rotatable bonds is 5. The summed E-state index contributed by atoms with van der Waals surface area (Å²) in [6.45, 7) is 5.63. The molecule has 0 unspecified atom stereocenters. The van der Waals surface area contributed by atoms with Gasteiger partial charge in [-0.2, -0.15) is 0 Å². The van der Waals surface area contributed by atoms with E-state index in [1.54, 1.807) is 23.9 Å². The van der Waals surface area contributed by atoms with E-state index in [0.717, 1.165) is 21.4 Å². The van der Waals surface area contributed by atoms with E-state index in [4.69, 9.17) is 0 Å². The van der Waals surface area contributed by atoms with Gasteiger partial charge in [0.1, 0.15) is 5.82 Å². The number of allylic oxidation sites excluding steroid dienone is 1. The van der Waals surface area contributed by atoms with Crippen molar-refractivity contribution in [1.29, 1.82) is 0 Å². The molecule has 2 aromatic heterocycles. The first kappa shape index (κ1) is 17.5. The van der Waals surface area contributed by atoms with Crippen LogP contribution in [0.4, 0.5) is 14.6 Å². The minimum atomic E-state index is -2.72. The molecule has 1 amide bonds. The number of anilines is 1. The molecule has 0 saturated heterocycles. The molecule has 25 heavy (non-hydrogen) atoms. The standard InChI is InChI=1S/C18H17F2N3OS/c1-3-15(25-4-2)14-5-11-6-16(22-10-13(11)9-21-14)23-17(24)12-7-18(19,20)8-12/h3-6,9-10,12H,2,7-8H2,1H3,(H,22,23,24)/b15-3-. The van der Waals surface area contributed by atoms with Crippen LogP contribution in [-0.4, -0.2) is 21.8 Å². The Balaban J connectivity index is 1.81. The Kier molecular flexibility index (Phi) is 4.85. The molecule has 0 aromatic carbocycles. The molecular weight excluding hydrogens is 344 g/mol. The molecule has 2 heterocycles. The molecule has 0 bridgehead atoms. The van der Waals surface area contributed by atoms with Crippen LogP contribution < -0.4 is 5.32 Å². The van der Waals surface area contributed by atoms with Gasteiger partial charge in [-0.05, 0) is 29.9 Å². The molecule has 0 radical (unpaired) electrons. The molecule has 1 aliphatic carbocycles. The second-order valence-corrected chi connectivity index (χ2v) is 6.88. The van der Waals surface area contributed by atoms with Gasteiger partial charge in [-0.3, -0.25) is 9.78 Å². The summed E-state index contributed by atoms with van der Waals surface area (Å²) >= 11 is 1.47. The molecule has 3 rings (SSSR count). The molecular formula is C18H17F2N3OS. The summed E-state index contributed by atoms with van der Waals surface area (Å²) in [6.07, 6.45) is 4.46. The van der Waals surface area contributed by atoms with Crippen molar-refractivity contribution in [3.8, 4) is 0 Å². The summed E-state index contributed by atoms with van der Waals surface area (Å²) in [6, 6.07) is 3.62. The monoisotopic (exact) mass is 361 g/mol. The number of fused-ring (bicyclic) bond motifs is 1. The first-order valence-electron chi connectivity index (χ1n) is 7.80. The highest BCUT2D eigenvalue weighted by Crippen LogP contribution is 2.42. The predicted molar refractivity (Wildman–Crippen MR) is 97.3 cm³/mol. The molecule has 2 aromatic rings. The third kappa shape index (κ3) is 3.87. The Morgan fingerprint density at radius 1 is 1.32 bits per heavy atom. The highest BCUT2D eigenvalue weighted by Gasteiger charge is 2.48. The number of pyridine rings is 2. The quantitative estimate of drug-likeness (QED) is 0.827. The first-order chi connectivity index (χ1) is 11.9. The van der Waals surface area contributed by atoms with Gasteiger partial charge < -0.3 is 5.32 Å². The molecule has 1 N–H and O–H groups in total. The zero-order valence-electron chi connectivity index (χ0n) is 13.6. The van der Waals surface area contributed by atoms with Crippen molar-refractivity contribution in [3.05, 3.63) is 48.3 Å². The van der Waals surface area contributed by atoms with Gasteiger partial charge in [-0.25, -0.2) is 13.8 Å². The van der Waals surface area contributed by atoms with Crippen molar-refractivity contribution >= 4 is 39.2 Å². The summed E-state index contributed by atoms with van der Waals surface area (Å²) in [7, 11) is 0. The second kappa shape index (κ2) is 6.92. The summed E-state index contributed by atoms with van der Waals surface area (Å²) < 4.78 is 25.8. The Morgan fingerprint density at radius 3 is 2.68 bits per heavy atom. The molecule has 0 aliphatic heterocycles. The second-order valence-electron chi connectivity index (χ2n) is 5.87. The summed E-state index contributed by atoms with van der Waals surface area (Å²) in [5.41, 5.74) is 0.794. The van der Waals surface area contributed by atoms with Gasteiger partial charge in [-0.1, -0.05) is 24.4 Å². The lowest BCUT2D eigenvalue weighted by Crippen LogP contribution is -2.42. The van der Waals surface area contributed by atoms with Crippen molar-refractivity contribution in [2.24, 2.45) is 5.92 Å². The van der Waals surface area contributed by atoms with Crippen LogP contribution in [0.1, 0.15) is 25.5 Å². The summed E-state index contributed by atoms with van der Waals surface area (Å²) in [4.78, 5) is 21.5. The Bertz CT molecular complexity index is 859. The highest BCUT2D eigenvalue weighted by atomic mass is 32.2. The highest BCUT2D eigenvalue weighted by molar-refractivity contribution is 8.10. The maximum atomic E-state index is 12.9. The van der Waals surface area contributed by atoms with Gasteiger partial charge in [0, 0.05) is 41.4 Å². The zero-order chi connectivity index (χ0) is 18.0. The fourth-order valence-electron chi connectivity index (χ4n) is 2.68.